The molecule has 0 aliphatic heterocycles. The molecule has 2 rings (SSSR count). The molecule has 0 bridgehead atoms. The molecular formula is C17H17ClFN3OS. The van der Waals surface area contributed by atoms with Crippen LogP contribution in [0.15, 0.2) is 36.4 Å². The zero-order valence-corrected chi connectivity index (χ0v) is 14.8. The number of para-hydroxylation sites is 1. The lowest BCUT2D eigenvalue weighted by Crippen LogP contribution is -2.44. The van der Waals surface area contributed by atoms with Gasteiger partial charge in [-0.15, -0.1) is 0 Å². The van der Waals surface area contributed by atoms with Gasteiger partial charge in [-0.3, -0.25) is 15.6 Å². The van der Waals surface area contributed by atoms with Gasteiger partial charge in [0, 0.05) is 10.7 Å². The number of benzene rings is 2. The quantitative estimate of drug-likeness (QED) is 0.569. The first kappa shape index (κ1) is 18.2. The summed E-state index contributed by atoms with van der Waals surface area (Å²) in [6.07, 6.45) is 0.840. The molecule has 24 heavy (non-hydrogen) atoms. The van der Waals surface area contributed by atoms with Gasteiger partial charge in [0.2, 0.25) is 0 Å². The fourth-order valence-corrected chi connectivity index (χ4v) is 2.52. The Morgan fingerprint density at radius 1 is 1.25 bits per heavy atom. The first-order valence-corrected chi connectivity index (χ1v) is 8.12. The van der Waals surface area contributed by atoms with Crippen molar-refractivity contribution in [2.75, 3.05) is 5.32 Å². The highest BCUT2D eigenvalue weighted by Gasteiger charge is 2.13. The van der Waals surface area contributed by atoms with Crippen LogP contribution in [-0.4, -0.2) is 11.0 Å². The van der Waals surface area contributed by atoms with Crippen LogP contribution in [0.4, 0.5) is 10.1 Å². The Morgan fingerprint density at radius 2 is 2.00 bits per heavy atom. The predicted octanol–water partition coefficient (Wildman–Crippen LogP) is 3.98. The number of hydrogen-bond donors (Lipinski definition) is 3. The minimum absolute atomic E-state index is 0.164. The maximum absolute atomic E-state index is 13.6. The monoisotopic (exact) mass is 365 g/mol. The van der Waals surface area contributed by atoms with Gasteiger partial charge < -0.3 is 5.32 Å². The van der Waals surface area contributed by atoms with Gasteiger partial charge in [0.05, 0.1) is 5.56 Å². The van der Waals surface area contributed by atoms with E-state index in [0.717, 1.165) is 29.3 Å². The number of hydrogen-bond acceptors (Lipinski definition) is 2. The Morgan fingerprint density at radius 3 is 2.71 bits per heavy atom. The summed E-state index contributed by atoms with van der Waals surface area (Å²) in [5.41, 5.74) is 7.78. The molecule has 3 N–H and O–H groups in total. The summed E-state index contributed by atoms with van der Waals surface area (Å²) < 4.78 is 13.6. The van der Waals surface area contributed by atoms with Gasteiger partial charge in [0.15, 0.2) is 5.11 Å². The Kier molecular flexibility index (Phi) is 6.11. The maximum atomic E-state index is 13.6. The Bertz CT molecular complexity index is 782. The Labute approximate surface area is 150 Å². The fraction of sp³-hybridized carbons (Fsp3) is 0.176. The average molecular weight is 366 g/mol. The van der Waals surface area contributed by atoms with Crippen molar-refractivity contribution in [3.8, 4) is 0 Å². The highest BCUT2D eigenvalue weighted by molar-refractivity contribution is 7.80. The van der Waals surface area contributed by atoms with E-state index in [9.17, 15) is 9.18 Å². The lowest BCUT2D eigenvalue weighted by molar-refractivity contribution is 0.0940. The first-order chi connectivity index (χ1) is 11.4. The third kappa shape index (κ3) is 4.43. The van der Waals surface area contributed by atoms with E-state index < -0.39 is 11.7 Å². The average Bonchev–Trinajstić information content (AvgIpc) is 2.56. The molecule has 1 amide bonds. The van der Waals surface area contributed by atoms with Crippen LogP contribution >= 0.6 is 23.8 Å². The summed E-state index contributed by atoms with van der Waals surface area (Å²) in [4.78, 5) is 12.0. The second-order valence-electron chi connectivity index (χ2n) is 5.12. The zero-order valence-electron chi connectivity index (χ0n) is 13.2. The Balaban J connectivity index is 2.01. The smallest absolute Gasteiger partial charge is 0.272 e. The predicted molar refractivity (Wildman–Crippen MR) is 98.8 cm³/mol. The van der Waals surface area contributed by atoms with Gasteiger partial charge in [0.25, 0.3) is 5.91 Å². The van der Waals surface area contributed by atoms with Gasteiger partial charge in [-0.25, -0.2) is 4.39 Å². The molecule has 2 aromatic rings. The molecule has 2 aromatic carbocycles. The van der Waals surface area contributed by atoms with Gasteiger partial charge in [0.1, 0.15) is 5.82 Å². The number of aryl methyl sites for hydroxylation is 2. The van der Waals surface area contributed by atoms with E-state index >= 15 is 0 Å². The van der Waals surface area contributed by atoms with Crippen LogP contribution in [0.1, 0.15) is 28.4 Å². The van der Waals surface area contributed by atoms with Crippen LogP contribution in [0.25, 0.3) is 0 Å². The number of carbonyl (C=O) groups excluding carboxylic acids is 1. The minimum Gasteiger partial charge on any atom is -0.331 e. The van der Waals surface area contributed by atoms with Crippen molar-refractivity contribution in [2.45, 2.75) is 20.3 Å². The molecule has 0 fully saturated rings. The number of thiocarbonyl (C=S) groups is 1. The lowest BCUT2D eigenvalue weighted by atomic mass is 10.1. The fourth-order valence-electron chi connectivity index (χ4n) is 2.20. The topological polar surface area (TPSA) is 53.2 Å². The summed E-state index contributed by atoms with van der Waals surface area (Å²) in [5.74, 6) is -1.33. The summed E-state index contributed by atoms with van der Waals surface area (Å²) in [6.45, 7) is 4.00. The lowest BCUT2D eigenvalue weighted by Gasteiger charge is -2.16. The number of hydrazine groups is 1. The number of halogens is 2. The molecule has 7 heteroatoms. The van der Waals surface area contributed by atoms with Crippen LogP contribution in [0.3, 0.4) is 0 Å². The number of rotatable bonds is 3. The van der Waals surface area contributed by atoms with Crippen molar-refractivity contribution in [3.05, 3.63) is 63.9 Å². The van der Waals surface area contributed by atoms with Gasteiger partial charge in [-0.05, 0) is 54.9 Å². The summed E-state index contributed by atoms with van der Waals surface area (Å²) in [7, 11) is 0. The SMILES string of the molecule is CCc1cccc(C)c1NC(=S)NNC(=O)c1cc(Cl)ccc1F. The highest BCUT2D eigenvalue weighted by Crippen LogP contribution is 2.20. The standard InChI is InChI=1S/C17H17ClFN3OS/c1-3-11-6-4-5-10(2)15(11)20-17(24)22-21-16(23)13-9-12(18)7-8-14(13)19/h4-9H,3H2,1-2H3,(H,21,23)(H2,20,22,24). The van der Waals surface area contributed by atoms with Gasteiger partial charge >= 0.3 is 0 Å². The van der Waals surface area contributed by atoms with Crippen molar-refractivity contribution < 1.29 is 9.18 Å². The van der Waals surface area contributed by atoms with Crippen LogP contribution in [0.5, 0.6) is 0 Å². The summed E-state index contributed by atoms with van der Waals surface area (Å²) >= 11 is 10.9. The third-order valence-corrected chi connectivity index (χ3v) is 3.88. The second kappa shape index (κ2) is 8.08. The molecule has 0 aliphatic carbocycles. The molecule has 0 unspecified atom stereocenters. The molecule has 0 spiro atoms. The first-order valence-electron chi connectivity index (χ1n) is 7.33. The van der Waals surface area contributed by atoms with Crippen molar-refractivity contribution in [3.63, 3.8) is 0 Å². The van der Waals surface area contributed by atoms with E-state index in [1.54, 1.807) is 0 Å². The Hall–Kier alpha value is -2.18. The largest absolute Gasteiger partial charge is 0.331 e. The molecule has 126 valence electrons. The van der Waals surface area contributed by atoms with E-state index in [2.05, 4.69) is 16.2 Å². The number of anilines is 1. The van der Waals surface area contributed by atoms with Crippen LogP contribution in [0, 0.1) is 12.7 Å². The minimum atomic E-state index is -0.667. The molecule has 0 heterocycles. The number of carbonyl (C=O) groups is 1. The molecule has 0 radical (unpaired) electrons. The van der Waals surface area contributed by atoms with Crippen LogP contribution < -0.4 is 16.2 Å². The van der Waals surface area contributed by atoms with Crippen LogP contribution in [0.2, 0.25) is 5.02 Å². The third-order valence-electron chi connectivity index (χ3n) is 3.44. The second-order valence-corrected chi connectivity index (χ2v) is 5.96. The molecule has 0 atom stereocenters. The summed E-state index contributed by atoms with van der Waals surface area (Å²) in [6, 6.07) is 9.69. The van der Waals surface area contributed by atoms with Crippen molar-refractivity contribution >= 4 is 40.5 Å². The number of nitrogens with one attached hydrogen (secondary N) is 3. The van der Waals surface area contributed by atoms with Gasteiger partial charge in [-0.1, -0.05) is 36.7 Å². The molecule has 0 saturated heterocycles. The molecule has 4 nitrogen and oxygen atoms in total. The highest BCUT2D eigenvalue weighted by atomic mass is 35.5. The van der Waals surface area contributed by atoms with E-state index in [0.29, 0.717) is 0 Å². The van der Waals surface area contributed by atoms with E-state index in [1.807, 2.05) is 32.0 Å². The van der Waals surface area contributed by atoms with E-state index in [-0.39, 0.29) is 15.7 Å². The van der Waals surface area contributed by atoms with Crippen molar-refractivity contribution in [1.82, 2.24) is 10.9 Å². The van der Waals surface area contributed by atoms with Crippen molar-refractivity contribution in [2.24, 2.45) is 0 Å². The van der Waals surface area contributed by atoms with E-state index in [1.165, 1.54) is 12.1 Å². The van der Waals surface area contributed by atoms with E-state index in [4.69, 9.17) is 23.8 Å². The van der Waals surface area contributed by atoms with Crippen LogP contribution in [-0.2, 0) is 6.42 Å². The van der Waals surface area contributed by atoms with Crippen molar-refractivity contribution in [1.29, 1.82) is 0 Å². The molecule has 0 aliphatic rings. The molecule has 0 saturated carbocycles. The maximum Gasteiger partial charge on any atom is 0.272 e. The summed E-state index contributed by atoms with van der Waals surface area (Å²) in [5, 5.41) is 3.52. The normalized spacial score (nSPS) is 10.2. The zero-order chi connectivity index (χ0) is 17.7. The molecule has 0 aromatic heterocycles. The van der Waals surface area contributed by atoms with Gasteiger partial charge in [-0.2, -0.15) is 0 Å². The number of amides is 1. The molecular weight excluding hydrogens is 349 g/mol.